The number of thioether (sulfide) groups is 1. The van der Waals surface area contributed by atoms with Crippen molar-refractivity contribution in [2.75, 3.05) is 18.6 Å². The van der Waals surface area contributed by atoms with Gasteiger partial charge in [0.25, 0.3) is 0 Å². The van der Waals surface area contributed by atoms with Gasteiger partial charge in [0, 0.05) is 18.3 Å². The molecule has 0 saturated carbocycles. The van der Waals surface area contributed by atoms with Crippen molar-refractivity contribution in [3.8, 4) is 0 Å². The molecule has 12 heteroatoms. The highest BCUT2D eigenvalue weighted by atomic mass is 32.2. The minimum atomic E-state index is -1.16. The van der Waals surface area contributed by atoms with E-state index in [9.17, 15) is 24.3 Å². The van der Waals surface area contributed by atoms with E-state index < -0.39 is 41.8 Å². The lowest BCUT2D eigenvalue weighted by Gasteiger charge is -2.23. The molecule has 0 aromatic carbocycles. The number of amides is 3. The van der Waals surface area contributed by atoms with Crippen molar-refractivity contribution in [3.63, 3.8) is 0 Å². The lowest BCUT2D eigenvalue weighted by molar-refractivity contribution is -0.142. The summed E-state index contributed by atoms with van der Waals surface area (Å²) in [6, 6.07) is -3.04. The second-order valence-corrected chi connectivity index (χ2v) is 7.00. The maximum atomic E-state index is 12.6. The third-order valence-corrected chi connectivity index (χ3v) is 4.44. The third-order valence-electron chi connectivity index (χ3n) is 3.79. The van der Waals surface area contributed by atoms with Gasteiger partial charge in [0.1, 0.15) is 18.1 Å². The number of rotatable bonds is 12. The average molecular weight is 414 g/mol. The summed E-state index contributed by atoms with van der Waals surface area (Å²) in [5.74, 6) is -2.36. The first kappa shape index (κ1) is 23.4. The largest absolute Gasteiger partial charge is 0.480 e. The van der Waals surface area contributed by atoms with Gasteiger partial charge in [0.15, 0.2) is 0 Å². The third kappa shape index (κ3) is 7.96. The zero-order valence-corrected chi connectivity index (χ0v) is 16.5. The molecular formula is C16H26N6O5S. The SMILES string of the molecule is CSCCC(NC(=O)C(Cc1cnc[nH]1)NC(=O)C(C)NC(=O)CN)C(=O)O. The summed E-state index contributed by atoms with van der Waals surface area (Å²) >= 11 is 1.46. The maximum absolute atomic E-state index is 12.6. The van der Waals surface area contributed by atoms with Gasteiger partial charge in [0.2, 0.25) is 17.7 Å². The number of hydrogen-bond donors (Lipinski definition) is 6. The fourth-order valence-electron chi connectivity index (χ4n) is 2.25. The van der Waals surface area contributed by atoms with Crippen LogP contribution in [-0.4, -0.2) is 75.4 Å². The van der Waals surface area contributed by atoms with Crippen LogP contribution in [0.3, 0.4) is 0 Å². The van der Waals surface area contributed by atoms with Gasteiger partial charge in [-0.2, -0.15) is 11.8 Å². The molecule has 1 aromatic heterocycles. The van der Waals surface area contributed by atoms with E-state index in [1.807, 2.05) is 6.26 Å². The van der Waals surface area contributed by atoms with Crippen LogP contribution in [0.4, 0.5) is 0 Å². The highest BCUT2D eigenvalue weighted by molar-refractivity contribution is 7.98. The summed E-state index contributed by atoms with van der Waals surface area (Å²) < 4.78 is 0. The molecule has 3 atom stereocenters. The number of nitrogens with one attached hydrogen (secondary N) is 4. The van der Waals surface area contributed by atoms with E-state index in [2.05, 4.69) is 25.9 Å². The van der Waals surface area contributed by atoms with E-state index in [1.165, 1.54) is 31.2 Å². The quantitative estimate of drug-likeness (QED) is 0.232. The van der Waals surface area contributed by atoms with E-state index >= 15 is 0 Å². The van der Waals surface area contributed by atoms with Gasteiger partial charge < -0.3 is 31.8 Å². The number of carboxylic acids is 1. The van der Waals surface area contributed by atoms with Crippen LogP contribution in [-0.2, 0) is 25.6 Å². The number of carbonyl (C=O) groups is 4. The molecule has 0 radical (unpaired) electrons. The van der Waals surface area contributed by atoms with Crippen molar-refractivity contribution >= 4 is 35.5 Å². The minimum Gasteiger partial charge on any atom is -0.480 e. The summed E-state index contributed by atoms with van der Waals surface area (Å²) in [6.45, 7) is 1.18. The van der Waals surface area contributed by atoms with E-state index in [-0.39, 0.29) is 19.4 Å². The molecule has 11 nitrogen and oxygen atoms in total. The number of carboxylic acid groups (broad SMARTS) is 1. The minimum absolute atomic E-state index is 0.0734. The van der Waals surface area contributed by atoms with Crippen molar-refractivity contribution in [2.45, 2.75) is 37.9 Å². The summed E-state index contributed by atoms with van der Waals surface area (Å²) in [7, 11) is 0. The van der Waals surface area contributed by atoms with Gasteiger partial charge >= 0.3 is 5.97 Å². The second-order valence-electron chi connectivity index (χ2n) is 6.02. The first-order valence-corrected chi connectivity index (χ1v) is 9.97. The fraction of sp³-hybridized carbons (Fsp3) is 0.562. The number of hydrogen-bond acceptors (Lipinski definition) is 7. The highest BCUT2D eigenvalue weighted by Crippen LogP contribution is 2.04. The Hall–Kier alpha value is -2.60. The molecule has 156 valence electrons. The average Bonchev–Trinajstić information content (AvgIpc) is 3.16. The topological polar surface area (TPSA) is 179 Å². The second kappa shape index (κ2) is 12.0. The molecule has 0 aliphatic rings. The summed E-state index contributed by atoms with van der Waals surface area (Å²) in [6.07, 6.45) is 5.07. The molecule has 3 unspecified atom stereocenters. The number of aliphatic carboxylic acids is 1. The molecular weight excluding hydrogens is 388 g/mol. The number of imidazole rings is 1. The Morgan fingerprint density at radius 2 is 1.89 bits per heavy atom. The number of nitrogens with zero attached hydrogens (tertiary/aromatic N) is 1. The predicted molar refractivity (Wildman–Crippen MR) is 103 cm³/mol. The molecule has 3 amide bonds. The summed E-state index contributed by atoms with van der Waals surface area (Å²) in [4.78, 5) is 54.4. The van der Waals surface area contributed by atoms with E-state index in [1.54, 1.807) is 0 Å². The molecule has 7 N–H and O–H groups in total. The fourth-order valence-corrected chi connectivity index (χ4v) is 2.72. The van der Waals surface area contributed by atoms with Crippen molar-refractivity contribution in [2.24, 2.45) is 5.73 Å². The first-order valence-electron chi connectivity index (χ1n) is 8.57. The van der Waals surface area contributed by atoms with Gasteiger partial charge in [-0.05, 0) is 25.4 Å². The molecule has 0 aliphatic carbocycles. The molecule has 0 aliphatic heterocycles. The van der Waals surface area contributed by atoms with Gasteiger partial charge in [-0.15, -0.1) is 0 Å². The molecule has 0 bridgehead atoms. The number of aromatic nitrogens is 2. The Morgan fingerprint density at radius 3 is 2.43 bits per heavy atom. The Bertz CT molecular complexity index is 668. The molecule has 1 rings (SSSR count). The monoisotopic (exact) mass is 414 g/mol. The number of carbonyl (C=O) groups excluding carboxylic acids is 3. The van der Waals surface area contributed by atoms with Crippen LogP contribution in [0.15, 0.2) is 12.5 Å². The highest BCUT2D eigenvalue weighted by Gasteiger charge is 2.28. The maximum Gasteiger partial charge on any atom is 0.326 e. The number of nitrogens with two attached hydrogens (primary N) is 1. The van der Waals surface area contributed by atoms with Gasteiger partial charge in [0.05, 0.1) is 12.9 Å². The molecule has 28 heavy (non-hydrogen) atoms. The lowest BCUT2D eigenvalue weighted by atomic mass is 10.1. The van der Waals surface area contributed by atoms with Crippen molar-refractivity contribution in [1.29, 1.82) is 0 Å². The summed E-state index contributed by atoms with van der Waals surface area (Å²) in [5.41, 5.74) is 5.79. The lowest BCUT2D eigenvalue weighted by Crippen LogP contribution is -2.56. The molecule has 0 saturated heterocycles. The first-order chi connectivity index (χ1) is 13.3. The van der Waals surface area contributed by atoms with Crippen molar-refractivity contribution in [3.05, 3.63) is 18.2 Å². The van der Waals surface area contributed by atoms with Gasteiger partial charge in [-0.3, -0.25) is 14.4 Å². The van der Waals surface area contributed by atoms with E-state index in [4.69, 9.17) is 5.73 Å². The standard InChI is InChI=1S/C16H26N6O5S/c1-9(20-13(23)6-17)14(24)22-12(5-10-7-18-8-19-10)15(25)21-11(16(26)27)3-4-28-2/h7-9,11-12H,3-6,17H2,1-2H3,(H,18,19)(H,20,23)(H,21,25)(H,22,24)(H,26,27). The Balaban J connectivity index is 2.85. The smallest absolute Gasteiger partial charge is 0.326 e. The zero-order chi connectivity index (χ0) is 21.1. The number of aromatic amines is 1. The van der Waals surface area contributed by atoms with Gasteiger partial charge in [-0.25, -0.2) is 9.78 Å². The normalized spacial score (nSPS) is 13.8. The van der Waals surface area contributed by atoms with Crippen LogP contribution >= 0.6 is 11.8 Å². The van der Waals surface area contributed by atoms with Gasteiger partial charge in [-0.1, -0.05) is 0 Å². The molecule has 0 fully saturated rings. The molecule has 0 spiro atoms. The molecule has 1 heterocycles. The van der Waals surface area contributed by atoms with E-state index in [0.717, 1.165) is 0 Å². The van der Waals surface area contributed by atoms with Crippen LogP contribution in [0, 0.1) is 0 Å². The number of H-pyrrole nitrogens is 1. The Kier molecular flexibility index (Phi) is 10.0. The molecule has 1 aromatic rings. The van der Waals surface area contributed by atoms with Crippen LogP contribution in [0.2, 0.25) is 0 Å². The van der Waals surface area contributed by atoms with Crippen molar-refractivity contribution in [1.82, 2.24) is 25.9 Å². The van der Waals surface area contributed by atoms with Crippen LogP contribution in [0.1, 0.15) is 19.0 Å². The predicted octanol–water partition coefficient (Wildman–Crippen LogP) is -1.78. The van der Waals surface area contributed by atoms with Crippen LogP contribution < -0.4 is 21.7 Å². The van der Waals surface area contributed by atoms with Crippen molar-refractivity contribution < 1.29 is 24.3 Å². The van der Waals surface area contributed by atoms with E-state index in [0.29, 0.717) is 11.4 Å². The van der Waals surface area contributed by atoms with Crippen LogP contribution in [0.25, 0.3) is 0 Å². The Morgan fingerprint density at radius 1 is 1.21 bits per heavy atom. The zero-order valence-electron chi connectivity index (χ0n) is 15.7. The Labute approximate surface area is 166 Å². The van der Waals surface area contributed by atoms with Crippen LogP contribution in [0.5, 0.6) is 0 Å². The summed E-state index contributed by atoms with van der Waals surface area (Å²) in [5, 5.41) is 16.7.